The number of rotatable bonds is 4. The van der Waals surface area contributed by atoms with Gasteiger partial charge in [0.15, 0.2) is 11.6 Å². The first-order valence-electron chi connectivity index (χ1n) is 4.60. The fourth-order valence-electron chi connectivity index (χ4n) is 1.10. The number of nitrogens with one attached hydrogen (secondary N) is 1. The lowest BCUT2D eigenvalue weighted by Crippen LogP contribution is -2.13. The summed E-state index contributed by atoms with van der Waals surface area (Å²) in [6.07, 6.45) is 2.18. The van der Waals surface area contributed by atoms with Crippen LogP contribution in [0, 0.1) is 11.6 Å². The minimum absolute atomic E-state index is 0.151. The molecule has 0 bridgehead atoms. The molecule has 1 aromatic carbocycles. The van der Waals surface area contributed by atoms with E-state index >= 15 is 0 Å². The fraction of sp³-hybridized carbons (Fsp3) is 0.182. The number of carbonyl (C=O) groups excluding carboxylic acids is 1. The molecule has 0 unspecified atom stereocenters. The van der Waals surface area contributed by atoms with Gasteiger partial charge in [-0.1, -0.05) is 22.0 Å². The molecule has 16 heavy (non-hydrogen) atoms. The first-order valence-corrected chi connectivity index (χ1v) is 5.39. The van der Waals surface area contributed by atoms with Crippen molar-refractivity contribution < 1.29 is 13.6 Å². The summed E-state index contributed by atoms with van der Waals surface area (Å²) in [6.45, 7) is 3.45. The predicted octanol–water partition coefficient (Wildman–Crippen LogP) is 3.63. The van der Waals surface area contributed by atoms with Gasteiger partial charge in [-0.05, 0) is 18.6 Å². The first kappa shape index (κ1) is 12.8. The Kier molecular flexibility index (Phi) is 4.61. The highest BCUT2D eigenvalue weighted by Gasteiger charge is 2.12. The standard InChI is InChI=1S/C11H10BrF2NO/c1-2-3-4-10(16)15-11-8(13)5-7(12)6-9(11)14/h2,5-6H,1,3-4H2,(H,15,16). The van der Waals surface area contributed by atoms with Crippen LogP contribution in [-0.4, -0.2) is 5.91 Å². The predicted molar refractivity (Wildman–Crippen MR) is 62.1 cm³/mol. The highest BCUT2D eigenvalue weighted by atomic mass is 79.9. The van der Waals surface area contributed by atoms with Crippen molar-refractivity contribution >= 4 is 27.5 Å². The third-order valence-electron chi connectivity index (χ3n) is 1.85. The average Bonchev–Trinajstić information content (AvgIpc) is 2.20. The molecule has 0 aromatic heterocycles. The SMILES string of the molecule is C=CCCC(=O)Nc1c(F)cc(Br)cc1F. The van der Waals surface area contributed by atoms with Crippen molar-refractivity contribution in [2.45, 2.75) is 12.8 Å². The number of allylic oxidation sites excluding steroid dienone is 1. The molecule has 86 valence electrons. The Hall–Kier alpha value is -1.23. The molecular weight excluding hydrogens is 280 g/mol. The molecule has 0 spiro atoms. The zero-order chi connectivity index (χ0) is 12.1. The van der Waals surface area contributed by atoms with Crippen molar-refractivity contribution in [3.8, 4) is 0 Å². The molecule has 1 amide bonds. The summed E-state index contributed by atoms with van der Waals surface area (Å²) < 4.78 is 26.9. The van der Waals surface area contributed by atoms with E-state index in [-0.39, 0.29) is 10.9 Å². The molecule has 0 aliphatic heterocycles. The molecule has 5 heteroatoms. The lowest BCUT2D eigenvalue weighted by molar-refractivity contribution is -0.116. The molecule has 1 rings (SSSR count). The van der Waals surface area contributed by atoms with Crippen molar-refractivity contribution in [2.75, 3.05) is 5.32 Å². The second kappa shape index (κ2) is 5.75. The van der Waals surface area contributed by atoms with Crippen LogP contribution in [0.1, 0.15) is 12.8 Å². The summed E-state index contributed by atoms with van der Waals surface area (Å²) in [7, 11) is 0. The lowest BCUT2D eigenvalue weighted by atomic mass is 10.2. The van der Waals surface area contributed by atoms with Crippen LogP contribution in [0.15, 0.2) is 29.3 Å². The van der Waals surface area contributed by atoms with Crippen LogP contribution in [0.5, 0.6) is 0 Å². The van der Waals surface area contributed by atoms with Crippen LogP contribution >= 0.6 is 15.9 Å². The Labute approximate surface area is 100 Å². The van der Waals surface area contributed by atoms with Gasteiger partial charge in [0, 0.05) is 10.9 Å². The van der Waals surface area contributed by atoms with E-state index in [2.05, 4.69) is 27.8 Å². The van der Waals surface area contributed by atoms with E-state index in [1.165, 1.54) is 0 Å². The van der Waals surface area contributed by atoms with Gasteiger partial charge in [0.25, 0.3) is 0 Å². The van der Waals surface area contributed by atoms with Gasteiger partial charge in [0.2, 0.25) is 5.91 Å². The Bertz CT molecular complexity index is 397. The van der Waals surface area contributed by atoms with E-state index in [0.717, 1.165) is 12.1 Å². The van der Waals surface area contributed by atoms with Crippen LogP contribution in [-0.2, 0) is 4.79 Å². The smallest absolute Gasteiger partial charge is 0.224 e. The second-order valence-corrected chi connectivity index (χ2v) is 4.04. The lowest BCUT2D eigenvalue weighted by Gasteiger charge is -2.07. The Balaban J connectivity index is 2.81. The third kappa shape index (κ3) is 3.41. The van der Waals surface area contributed by atoms with Crippen molar-refractivity contribution in [1.29, 1.82) is 0 Å². The zero-order valence-corrected chi connectivity index (χ0v) is 9.98. The van der Waals surface area contributed by atoms with Crippen LogP contribution in [0.25, 0.3) is 0 Å². The molecule has 0 aliphatic carbocycles. The Morgan fingerprint density at radius 2 is 2.00 bits per heavy atom. The average molecular weight is 290 g/mol. The van der Waals surface area contributed by atoms with Gasteiger partial charge in [-0.25, -0.2) is 8.78 Å². The van der Waals surface area contributed by atoms with E-state index in [9.17, 15) is 13.6 Å². The normalized spacial score (nSPS) is 9.94. The quantitative estimate of drug-likeness (QED) is 0.843. The molecule has 0 atom stereocenters. The van der Waals surface area contributed by atoms with Gasteiger partial charge in [0.1, 0.15) is 5.69 Å². The van der Waals surface area contributed by atoms with Gasteiger partial charge in [0.05, 0.1) is 0 Å². The van der Waals surface area contributed by atoms with E-state index in [0.29, 0.717) is 6.42 Å². The number of anilines is 1. The number of hydrogen-bond acceptors (Lipinski definition) is 1. The maximum absolute atomic E-state index is 13.3. The minimum atomic E-state index is -0.807. The van der Waals surface area contributed by atoms with Crippen molar-refractivity contribution in [3.05, 3.63) is 40.9 Å². The van der Waals surface area contributed by atoms with Crippen LogP contribution in [0.2, 0.25) is 0 Å². The van der Waals surface area contributed by atoms with Crippen LogP contribution in [0.3, 0.4) is 0 Å². The monoisotopic (exact) mass is 289 g/mol. The molecule has 2 nitrogen and oxygen atoms in total. The maximum atomic E-state index is 13.3. The first-order chi connectivity index (χ1) is 7.54. The molecular formula is C11H10BrF2NO. The Morgan fingerprint density at radius 3 is 2.50 bits per heavy atom. The highest BCUT2D eigenvalue weighted by Crippen LogP contribution is 2.23. The molecule has 0 radical (unpaired) electrons. The second-order valence-electron chi connectivity index (χ2n) is 3.12. The van der Waals surface area contributed by atoms with Crippen molar-refractivity contribution in [2.24, 2.45) is 0 Å². The van der Waals surface area contributed by atoms with Gasteiger partial charge in [-0.15, -0.1) is 6.58 Å². The largest absolute Gasteiger partial charge is 0.321 e. The van der Waals surface area contributed by atoms with Gasteiger partial charge in [-0.2, -0.15) is 0 Å². The minimum Gasteiger partial charge on any atom is -0.321 e. The van der Waals surface area contributed by atoms with Crippen molar-refractivity contribution in [1.82, 2.24) is 0 Å². The number of carbonyl (C=O) groups is 1. The number of hydrogen-bond donors (Lipinski definition) is 1. The maximum Gasteiger partial charge on any atom is 0.224 e. The van der Waals surface area contributed by atoms with E-state index in [1.54, 1.807) is 6.08 Å². The zero-order valence-electron chi connectivity index (χ0n) is 8.40. The van der Waals surface area contributed by atoms with E-state index in [1.807, 2.05) is 0 Å². The molecule has 1 N–H and O–H groups in total. The molecule has 1 aromatic rings. The van der Waals surface area contributed by atoms with Crippen LogP contribution in [0.4, 0.5) is 14.5 Å². The molecule has 0 saturated heterocycles. The van der Waals surface area contributed by atoms with Crippen molar-refractivity contribution in [3.63, 3.8) is 0 Å². The summed E-state index contributed by atoms with van der Waals surface area (Å²) in [4.78, 5) is 11.3. The third-order valence-corrected chi connectivity index (χ3v) is 2.30. The summed E-state index contributed by atoms with van der Waals surface area (Å²) in [5.41, 5.74) is -0.419. The number of benzene rings is 1. The number of halogens is 3. The topological polar surface area (TPSA) is 29.1 Å². The van der Waals surface area contributed by atoms with E-state index in [4.69, 9.17) is 0 Å². The Morgan fingerprint density at radius 1 is 1.44 bits per heavy atom. The fourth-order valence-corrected chi connectivity index (χ4v) is 1.50. The molecule has 0 aliphatic rings. The summed E-state index contributed by atoms with van der Waals surface area (Å²) in [6, 6.07) is 2.18. The summed E-state index contributed by atoms with van der Waals surface area (Å²) >= 11 is 2.95. The number of amides is 1. The van der Waals surface area contributed by atoms with Gasteiger partial charge >= 0.3 is 0 Å². The summed E-state index contributed by atoms with van der Waals surface area (Å²) in [5.74, 6) is -2.06. The molecule has 0 saturated carbocycles. The molecule has 0 fully saturated rings. The van der Waals surface area contributed by atoms with Gasteiger partial charge in [-0.3, -0.25) is 4.79 Å². The van der Waals surface area contributed by atoms with Crippen LogP contribution < -0.4 is 5.32 Å². The molecule has 0 heterocycles. The highest BCUT2D eigenvalue weighted by molar-refractivity contribution is 9.10. The van der Waals surface area contributed by atoms with Gasteiger partial charge < -0.3 is 5.32 Å². The van der Waals surface area contributed by atoms with E-state index < -0.39 is 23.2 Å². The summed E-state index contributed by atoms with van der Waals surface area (Å²) in [5, 5.41) is 2.18.